The molecular weight excluding hydrogens is 210 g/mol. The first-order valence-electron chi connectivity index (χ1n) is 6.68. The van der Waals surface area contributed by atoms with Gasteiger partial charge in [-0.25, -0.2) is 0 Å². The monoisotopic (exact) mass is 233 g/mol. The van der Waals surface area contributed by atoms with Crippen molar-refractivity contribution >= 4 is 0 Å². The lowest BCUT2D eigenvalue weighted by molar-refractivity contribution is 0.208. The van der Waals surface area contributed by atoms with Crippen molar-refractivity contribution in [3.8, 4) is 0 Å². The molecule has 0 amide bonds. The van der Waals surface area contributed by atoms with Gasteiger partial charge < -0.3 is 10.4 Å². The molecule has 1 aromatic carbocycles. The van der Waals surface area contributed by atoms with Gasteiger partial charge in [0.25, 0.3) is 0 Å². The first-order chi connectivity index (χ1) is 8.22. The number of hydrogen-bond acceptors (Lipinski definition) is 2. The van der Waals surface area contributed by atoms with Crippen LogP contribution in [0.3, 0.4) is 0 Å². The molecule has 1 unspecified atom stereocenters. The lowest BCUT2D eigenvalue weighted by Gasteiger charge is -2.31. The average molecular weight is 233 g/mol. The smallest absolute Gasteiger partial charge is 0.0462 e. The molecule has 17 heavy (non-hydrogen) atoms. The third-order valence-corrected chi connectivity index (χ3v) is 3.85. The molecule has 1 atom stereocenters. The van der Waals surface area contributed by atoms with Crippen molar-refractivity contribution < 1.29 is 5.11 Å². The van der Waals surface area contributed by atoms with Crippen LogP contribution in [0.4, 0.5) is 0 Å². The molecule has 2 nitrogen and oxygen atoms in total. The Morgan fingerprint density at radius 3 is 2.94 bits per heavy atom. The molecule has 94 valence electrons. The summed E-state index contributed by atoms with van der Waals surface area (Å²) < 4.78 is 0. The molecule has 0 spiro atoms. The molecule has 2 N–H and O–H groups in total. The Morgan fingerprint density at radius 2 is 2.24 bits per heavy atom. The minimum Gasteiger partial charge on any atom is -0.396 e. The quantitative estimate of drug-likeness (QED) is 0.819. The first kappa shape index (κ1) is 12.6. The van der Waals surface area contributed by atoms with Gasteiger partial charge in [-0.1, -0.05) is 30.7 Å². The van der Waals surface area contributed by atoms with E-state index < -0.39 is 0 Å². The Hall–Kier alpha value is -0.860. The van der Waals surface area contributed by atoms with Crippen LogP contribution in [-0.2, 0) is 12.0 Å². The standard InChI is InChI=1S/C15H23NO/c1-3-9-16-15(8-10-17)7-6-13-5-4-12(2)11-14(13)15/h4-5,11,16-17H,3,6-10H2,1-2H3. The fourth-order valence-corrected chi connectivity index (χ4v) is 2.92. The Balaban J connectivity index is 2.33. The Morgan fingerprint density at radius 1 is 1.41 bits per heavy atom. The molecule has 0 radical (unpaired) electrons. The largest absolute Gasteiger partial charge is 0.396 e. The maximum absolute atomic E-state index is 9.35. The van der Waals surface area contributed by atoms with E-state index in [9.17, 15) is 5.11 Å². The number of hydrogen-bond donors (Lipinski definition) is 2. The maximum atomic E-state index is 9.35. The normalized spacial score (nSPS) is 22.8. The van der Waals surface area contributed by atoms with Crippen molar-refractivity contribution in [2.24, 2.45) is 0 Å². The topological polar surface area (TPSA) is 32.3 Å². The minimum atomic E-state index is 0.0200. The lowest BCUT2D eigenvalue weighted by Crippen LogP contribution is -2.41. The van der Waals surface area contributed by atoms with Crippen molar-refractivity contribution in [3.05, 3.63) is 34.9 Å². The first-order valence-corrected chi connectivity index (χ1v) is 6.68. The second-order valence-corrected chi connectivity index (χ2v) is 5.14. The van der Waals surface area contributed by atoms with Gasteiger partial charge in [0.2, 0.25) is 0 Å². The van der Waals surface area contributed by atoms with E-state index in [1.54, 1.807) is 0 Å². The zero-order valence-electron chi connectivity index (χ0n) is 10.9. The van der Waals surface area contributed by atoms with Crippen molar-refractivity contribution in [2.75, 3.05) is 13.2 Å². The molecule has 0 heterocycles. The van der Waals surface area contributed by atoms with E-state index in [1.165, 1.54) is 16.7 Å². The zero-order chi connectivity index (χ0) is 12.3. The predicted octanol–water partition coefficient (Wildman–Crippen LogP) is 2.52. The van der Waals surface area contributed by atoms with Crippen molar-refractivity contribution in [2.45, 2.75) is 45.1 Å². The van der Waals surface area contributed by atoms with Gasteiger partial charge >= 0.3 is 0 Å². The number of aliphatic hydroxyl groups is 1. The zero-order valence-corrected chi connectivity index (χ0v) is 10.9. The van der Waals surface area contributed by atoms with Gasteiger partial charge in [0.15, 0.2) is 0 Å². The Kier molecular flexibility index (Phi) is 3.85. The summed E-state index contributed by atoms with van der Waals surface area (Å²) in [7, 11) is 0. The predicted molar refractivity (Wildman–Crippen MR) is 71.2 cm³/mol. The van der Waals surface area contributed by atoms with Crippen molar-refractivity contribution in [1.29, 1.82) is 0 Å². The van der Waals surface area contributed by atoms with Crippen LogP contribution in [0.15, 0.2) is 18.2 Å². The van der Waals surface area contributed by atoms with Crippen LogP contribution in [0.1, 0.15) is 42.9 Å². The summed E-state index contributed by atoms with van der Waals surface area (Å²) in [5, 5.41) is 13.0. The Bertz CT molecular complexity index is 385. The van der Waals surface area contributed by atoms with Crippen LogP contribution < -0.4 is 5.32 Å². The summed E-state index contributed by atoms with van der Waals surface area (Å²) in [5.74, 6) is 0. The van der Waals surface area contributed by atoms with Crippen LogP contribution >= 0.6 is 0 Å². The van der Waals surface area contributed by atoms with Crippen LogP contribution in [-0.4, -0.2) is 18.3 Å². The van der Waals surface area contributed by atoms with Gasteiger partial charge in [-0.2, -0.15) is 0 Å². The highest BCUT2D eigenvalue weighted by molar-refractivity contribution is 5.41. The van der Waals surface area contributed by atoms with Crippen molar-refractivity contribution in [3.63, 3.8) is 0 Å². The van der Waals surface area contributed by atoms with Gasteiger partial charge in [0, 0.05) is 12.1 Å². The van der Waals surface area contributed by atoms with Crippen LogP contribution in [0.25, 0.3) is 0 Å². The molecular formula is C15H23NO. The van der Waals surface area contributed by atoms with E-state index in [0.29, 0.717) is 0 Å². The molecule has 2 rings (SSSR count). The number of fused-ring (bicyclic) bond motifs is 1. The highest BCUT2D eigenvalue weighted by Gasteiger charge is 2.37. The molecule has 1 aliphatic rings. The molecule has 0 aliphatic heterocycles. The molecule has 0 saturated carbocycles. The highest BCUT2D eigenvalue weighted by atomic mass is 16.3. The van der Waals surface area contributed by atoms with Gasteiger partial charge in [0.05, 0.1) is 0 Å². The highest BCUT2D eigenvalue weighted by Crippen LogP contribution is 2.39. The second kappa shape index (κ2) is 5.19. The van der Waals surface area contributed by atoms with E-state index in [4.69, 9.17) is 0 Å². The fourth-order valence-electron chi connectivity index (χ4n) is 2.92. The van der Waals surface area contributed by atoms with E-state index in [-0.39, 0.29) is 12.1 Å². The summed E-state index contributed by atoms with van der Waals surface area (Å²) in [6.07, 6.45) is 4.20. The average Bonchev–Trinajstić information content (AvgIpc) is 2.67. The minimum absolute atomic E-state index is 0.0200. The van der Waals surface area contributed by atoms with Crippen LogP contribution in [0, 0.1) is 6.92 Å². The van der Waals surface area contributed by atoms with Gasteiger partial charge in [0.1, 0.15) is 0 Å². The molecule has 0 saturated heterocycles. The number of rotatable bonds is 5. The number of nitrogens with one attached hydrogen (secondary N) is 1. The summed E-state index contributed by atoms with van der Waals surface area (Å²) in [4.78, 5) is 0. The van der Waals surface area contributed by atoms with Crippen molar-refractivity contribution in [1.82, 2.24) is 5.32 Å². The third kappa shape index (κ3) is 2.38. The van der Waals surface area contributed by atoms with Crippen LogP contribution in [0.2, 0.25) is 0 Å². The SMILES string of the molecule is CCCNC1(CCO)CCc2ccc(C)cc21. The second-order valence-electron chi connectivity index (χ2n) is 5.14. The number of aryl methyl sites for hydroxylation is 2. The summed E-state index contributed by atoms with van der Waals surface area (Å²) in [6.45, 7) is 5.60. The van der Waals surface area contributed by atoms with E-state index in [1.807, 2.05) is 0 Å². The van der Waals surface area contributed by atoms with Crippen LogP contribution in [0.5, 0.6) is 0 Å². The number of aliphatic hydroxyl groups excluding tert-OH is 1. The van der Waals surface area contributed by atoms with Gasteiger partial charge in [-0.05, 0) is 50.3 Å². The molecule has 0 bridgehead atoms. The van der Waals surface area contributed by atoms with E-state index >= 15 is 0 Å². The summed E-state index contributed by atoms with van der Waals surface area (Å²) in [6, 6.07) is 6.73. The summed E-state index contributed by atoms with van der Waals surface area (Å²) >= 11 is 0. The molecule has 2 heteroatoms. The molecule has 0 aromatic heterocycles. The fraction of sp³-hybridized carbons (Fsp3) is 0.600. The van der Waals surface area contributed by atoms with Gasteiger partial charge in [-0.3, -0.25) is 0 Å². The summed E-state index contributed by atoms with van der Waals surface area (Å²) in [5.41, 5.74) is 4.20. The third-order valence-electron chi connectivity index (χ3n) is 3.85. The van der Waals surface area contributed by atoms with Gasteiger partial charge in [-0.15, -0.1) is 0 Å². The number of benzene rings is 1. The van der Waals surface area contributed by atoms with E-state index in [0.717, 1.165) is 32.2 Å². The van der Waals surface area contributed by atoms with E-state index in [2.05, 4.69) is 37.4 Å². The molecule has 1 aliphatic carbocycles. The molecule has 0 fully saturated rings. The lowest BCUT2D eigenvalue weighted by atomic mass is 9.87. The Labute approximate surface area is 104 Å². The maximum Gasteiger partial charge on any atom is 0.0462 e. The molecule has 1 aromatic rings.